The van der Waals surface area contributed by atoms with Crippen LogP contribution in [0.5, 0.6) is 0 Å². The van der Waals surface area contributed by atoms with Gasteiger partial charge < -0.3 is 20.3 Å². The van der Waals surface area contributed by atoms with Gasteiger partial charge in [-0.1, -0.05) is 54.6 Å². The second-order valence-corrected chi connectivity index (χ2v) is 8.06. The first-order chi connectivity index (χ1) is 13.7. The standard InChI is InChI=1S/C23H29NO5/c1-23(2,3)29-22(28)24-20(14-19(15-25)21(26)27)13-16-9-11-18(12-10-16)17-7-5-4-6-8-17/h4-12,19-20,25H,13-15H2,1-3H3,(H,24,28)(H,26,27)/t19?,20-/m1/s1. The summed E-state index contributed by atoms with van der Waals surface area (Å²) >= 11 is 0. The van der Waals surface area contributed by atoms with Gasteiger partial charge in [0.15, 0.2) is 0 Å². The Morgan fingerprint density at radius 1 is 1.00 bits per heavy atom. The number of hydrogen-bond acceptors (Lipinski definition) is 4. The van der Waals surface area contributed by atoms with Gasteiger partial charge in [-0.2, -0.15) is 0 Å². The fourth-order valence-corrected chi connectivity index (χ4v) is 3.01. The maximum Gasteiger partial charge on any atom is 0.407 e. The number of aliphatic hydroxyl groups is 1. The molecule has 0 spiro atoms. The van der Waals surface area contributed by atoms with Crippen LogP contribution in [0, 0.1) is 5.92 Å². The van der Waals surface area contributed by atoms with Crippen LogP contribution < -0.4 is 5.32 Å². The smallest absolute Gasteiger partial charge is 0.407 e. The van der Waals surface area contributed by atoms with Crippen LogP contribution in [0.15, 0.2) is 54.6 Å². The fourth-order valence-electron chi connectivity index (χ4n) is 3.01. The van der Waals surface area contributed by atoms with Crippen molar-refractivity contribution < 1.29 is 24.5 Å². The van der Waals surface area contributed by atoms with Gasteiger partial charge >= 0.3 is 12.1 Å². The molecule has 0 aliphatic rings. The minimum absolute atomic E-state index is 0.103. The topological polar surface area (TPSA) is 95.9 Å². The minimum atomic E-state index is -1.09. The zero-order valence-corrected chi connectivity index (χ0v) is 17.1. The van der Waals surface area contributed by atoms with Gasteiger partial charge in [0.25, 0.3) is 0 Å². The van der Waals surface area contributed by atoms with Crippen LogP contribution >= 0.6 is 0 Å². The molecule has 0 radical (unpaired) electrons. The van der Waals surface area contributed by atoms with Crippen molar-refractivity contribution in [1.29, 1.82) is 0 Å². The van der Waals surface area contributed by atoms with Crippen LogP contribution in [0.25, 0.3) is 11.1 Å². The number of hydrogen-bond donors (Lipinski definition) is 3. The van der Waals surface area contributed by atoms with Crippen LogP contribution in [0.2, 0.25) is 0 Å². The Balaban J connectivity index is 2.13. The van der Waals surface area contributed by atoms with Gasteiger partial charge in [0.1, 0.15) is 5.60 Å². The summed E-state index contributed by atoms with van der Waals surface area (Å²) in [6, 6.07) is 17.4. The van der Waals surface area contributed by atoms with Crippen molar-refractivity contribution in [2.24, 2.45) is 5.92 Å². The molecule has 156 valence electrons. The van der Waals surface area contributed by atoms with Crippen molar-refractivity contribution >= 4 is 12.1 Å². The van der Waals surface area contributed by atoms with Gasteiger partial charge in [-0.05, 0) is 50.3 Å². The van der Waals surface area contributed by atoms with Crippen LogP contribution in [0.4, 0.5) is 4.79 Å². The molecule has 6 nitrogen and oxygen atoms in total. The first kappa shape index (κ1) is 22.4. The SMILES string of the molecule is CC(C)(C)OC(=O)N[C@H](Cc1ccc(-c2ccccc2)cc1)CC(CO)C(=O)O. The molecular weight excluding hydrogens is 370 g/mol. The van der Waals surface area contributed by atoms with E-state index in [2.05, 4.69) is 5.32 Å². The average molecular weight is 399 g/mol. The number of aliphatic carboxylic acids is 1. The monoisotopic (exact) mass is 399 g/mol. The molecule has 0 saturated carbocycles. The molecule has 2 rings (SSSR count). The minimum Gasteiger partial charge on any atom is -0.481 e. The molecule has 0 bridgehead atoms. The van der Waals surface area contributed by atoms with Gasteiger partial charge in [0, 0.05) is 6.04 Å². The Bertz CT molecular complexity index is 796. The molecule has 0 fully saturated rings. The van der Waals surface area contributed by atoms with Crippen molar-refractivity contribution in [3.8, 4) is 11.1 Å². The Morgan fingerprint density at radius 2 is 1.59 bits per heavy atom. The summed E-state index contributed by atoms with van der Waals surface area (Å²) in [5.74, 6) is -2.05. The predicted molar refractivity (Wildman–Crippen MR) is 112 cm³/mol. The molecule has 0 aliphatic heterocycles. The molecule has 0 aliphatic carbocycles. The summed E-state index contributed by atoms with van der Waals surface area (Å²) in [4.78, 5) is 23.5. The highest BCUT2D eigenvalue weighted by molar-refractivity contribution is 5.71. The van der Waals surface area contributed by atoms with Gasteiger partial charge in [-0.25, -0.2) is 4.79 Å². The summed E-state index contributed by atoms with van der Waals surface area (Å²) in [6.45, 7) is 4.79. The van der Waals surface area contributed by atoms with Gasteiger partial charge in [-0.3, -0.25) is 4.79 Å². The zero-order chi connectivity index (χ0) is 21.4. The van der Waals surface area contributed by atoms with E-state index in [0.29, 0.717) is 6.42 Å². The summed E-state index contributed by atoms with van der Waals surface area (Å²) in [5, 5.41) is 21.4. The van der Waals surface area contributed by atoms with Crippen molar-refractivity contribution in [2.45, 2.75) is 45.3 Å². The summed E-state index contributed by atoms with van der Waals surface area (Å²) in [7, 11) is 0. The number of amides is 1. The third-order valence-corrected chi connectivity index (χ3v) is 4.40. The number of aliphatic hydroxyl groups excluding tert-OH is 1. The molecule has 0 saturated heterocycles. The largest absolute Gasteiger partial charge is 0.481 e. The third kappa shape index (κ3) is 7.58. The van der Waals surface area contributed by atoms with E-state index >= 15 is 0 Å². The van der Waals surface area contributed by atoms with E-state index in [-0.39, 0.29) is 6.42 Å². The van der Waals surface area contributed by atoms with Crippen LogP contribution in [0.3, 0.4) is 0 Å². The van der Waals surface area contributed by atoms with Crippen LogP contribution in [-0.2, 0) is 16.0 Å². The Labute approximate surface area is 171 Å². The van der Waals surface area contributed by atoms with Gasteiger partial charge in [0.2, 0.25) is 0 Å². The Kier molecular flexibility index (Phi) is 7.79. The lowest BCUT2D eigenvalue weighted by Crippen LogP contribution is -2.42. The van der Waals surface area contributed by atoms with E-state index in [1.807, 2.05) is 54.6 Å². The van der Waals surface area contributed by atoms with E-state index in [0.717, 1.165) is 16.7 Å². The lowest BCUT2D eigenvalue weighted by molar-refractivity contribution is -0.143. The van der Waals surface area contributed by atoms with Crippen molar-refractivity contribution in [1.82, 2.24) is 5.32 Å². The maximum atomic E-state index is 12.2. The number of carbonyl (C=O) groups excluding carboxylic acids is 1. The second kappa shape index (κ2) is 10.1. The fraction of sp³-hybridized carbons (Fsp3) is 0.391. The number of carboxylic acid groups (broad SMARTS) is 1. The molecule has 2 aromatic rings. The molecule has 0 aromatic heterocycles. The molecule has 6 heteroatoms. The quantitative estimate of drug-likeness (QED) is 0.626. The van der Waals surface area contributed by atoms with Gasteiger partial charge in [-0.15, -0.1) is 0 Å². The van der Waals surface area contributed by atoms with Crippen LogP contribution in [-0.4, -0.2) is 40.5 Å². The summed E-state index contributed by atoms with van der Waals surface area (Å²) < 4.78 is 5.30. The predicted octanol–water partition coefficient (Wildman–Crippen LogP) is 3.87. The van der Waals surface area contributed by atoms with E-state index in [4.69, 9.17) is 4.74 Å². The van der Waals surface area contributed by atoms with Gasteiger partial charge in [0.05, 0.1) is 12.5 Å². The number of alkyl carbamates (subject to hydrolysis) is 1. The second-order valence-electron chi connectivity index (χ2n) is 8.06. The normalized spacial score (nSPS) is 13.4. The molecule has 1 amide bonds. The van der Waals surface area contributed by atoms with E-state index in [1.54, 1.807) is 20.8 Å². The first-order valence-corrected chi connectivity index (χ1v) is 9.65. The number of benzene rings is 2. The first-order valence-electron chi connectivity index (χ1n) is 9.65. The number of carboxylic acids is 1. The maximum absolute atomic E-state index is 12.2. The molecule has 0 heterocycles. The van der Waals surface area contributed by atoms with E-state index < -0.39 is 36.2 Å². The molecular formula is C23H29NO5. The van der Waals surface area contributed by atoms with Crippen molar-refractivity contribution in [2.75, 3.05) is 6.61 Å². The molecule has 3 N–H and O–H groups in total. The van der Waals surface area contributed by atoms with Crippen LogP contribution in [0.1, 0.15) is 32.8 Å². The molecule has 2 atom stereocenters. The Morgan fingerprint density at radius 3 is 2.10 bits per heavy atom. The molecule has 1 unspecified atom stereocenters. The summed E-state index contributed by atoms with van der Waals surface area (Å²) in [6.07, 6.45) is -0.0747. The molecule has 2 aromatic carbocycles. The lowest BCUT2D eigenvalue weighted by atomic mass is 9.94. The van der Waals surface area contributed by atoms with Crippen molar-refractivity contribution in [3.63, 3.8) is 0 Å². The summed E-state index contributed by atoms with van der Waals surface area (Å²) in [5.41, 5.74) is 2.47. The average Bonchev–Trinajstić information content (AvgIpc) is 2.65. The zero-order valence-electron chi connectivity index (χ0n) is 17.1. The molecule has 29 heavy (non-hydrogen) atoms. The number of rotatable bonds is 8. The third-order valence-electron chi connectivity index (χ3n) is 4.40. The lowest BCUT2D eigenvalue weighted by Gasteiger charge is -2.25. The number of ether oxygens (including phenoxy) is 1. The number of carbonyl (C=O) groups is 2. The van der Waals surface area contributed by atoms with E-state index in [9.17, 15) is 19.8 Å². The number of nitrogens with one attached hydrogen (secondary N) is 1. The van der Waals surface area contributed by atoms with E-state index in [1.165, 1.54) is 0 Å². The Hall–Kier alpha value is -2.86. The highest BCUT2D eigenvalue weighted by atomic mass is 16.6. The highest BCUT2D eigenvalue weighted by Crippen LogP contribution is 2.21. The van der Waals surface area contributed by atoms with Crippen molar-refractivity contribution in [3.05, 3.63) is 60.2 Å². The highest BCUT2D eigenvalue weighted by Gasteiger charge is 2.25.